The molecule has 0 spiro atoms. The second-order valence-electron chi connectivity index (χ2n) is 6.54. The van der Waals surface area contributed by atoms with E-state index in [0.717, 1.165) is 17.3 Å². The molecule has 1 aromatic rings. The van der Waals surface area contributed by atoms with Crippen LogP contribution in [-0.2, 0) is 4.79 Å². The minimum absolute atomic E-state index is 0.396. The van der Waals surface area contributed by atoms with Crippen molar-refractivity contribution in [3.8, 4) is 0 Å². The molecule has 0 bridgehead atoms. The molecule has 0 amide bonds. The van der Waals surface area contributed by atoms with Gasteiger partial charge < -0.3 is 0 Å². The molecule has 0 saturated heterocycles. The van der Waals surface area contributed by atoms with Crippen LogP contribution in [0.4, 0.5) is 0 Å². The van der Waals surface area contributed by atoms with Crippen molar-refractivity contribution in [2.24, 2.45) is 11.8 Å². The Kier molecular flexibility index (Phi) is 4.70. The van der Waals surface area contributed by atoms with Crippen molar-refractivity contribution < 1.29 is 4.79 Å². The normalized spacial score (nSPS) is 24.0. The predicted molar refractivity (Wildman–Crippen MR) is 85.8 cm³/mol. The van der Waals surface area contributed by atoms with E-state index in [1.54, 1.807) is 0 Å². The van der Waals surface area contributed by atoms with Gasteiger partial charge in [0.05, 0.1) is 0 Å². The second kappa shape index (κ2) is 5.95. The number of ketones is 1. The summed E-state index contributed by atoms with van der Waals surface area (Å²) in [7, 11) is -1.19. The van der Waals surface area contributed by atoms with E-state index in [1.165, 1.54) is 4.46 Å². The van der Waals surface area contributed by atoms with Crippen molar-refractivity contribution in [2.45, 2.75) is 43.8 Å². The quantitative estimate of drug-likeness (QED) is 0.727. The summed E-state index contributed by atoms with van der Waals surface area (Å²) in [6, 6.07) is 10.9. The van der Waals surface area contributed by atoms with Crippen LogP contribution >= 0.6 is 0 Å². The van der Waals surface area contributed by atoms with Gasteiger partial charge in [0, 0.05) is 0 Å². The Bertz CT molecular complexity index is 438. The van der Waals surface area contributed by atoms with Gasteiger partial charge in [0.25, 0.3) is 0 Å². The average Bonchev–Trinajstić information content (AvgIpc) is 3.15. The molecule has 104 valence electrons. The summed E-state index contributed by atoms with van der Waals surface area (Å²) in [5.41, 5.74) is 0. The van der Waals surface area contributed by atoms with Crippen molar-refractivity contribution in [3.63, 3.8) is 0 Å². The summed E-state index contributed by atoms with van der Waals surface area (Å²) in [6.07, 6.45) is 1.88. The molecule has 1 aliphatic rings. The van der Waals surface area contributed by atoms with E-state index in [1.807, 2.05) is 6.92 Å². The summed E-state index contributed by atoms with van der Waals surface area (Å²) < 4.78 is 2.31. The van der Waals surface area contributed by atoms with E-state index >= 15 is 0 Å². The zero-order chi connectivity index (χ0) is 14.0. The molecule has 2 rings (SSSR count). The molecule has 3 atom stereocenters. The average molecular weight is 339 g/mol. The van der Waals surface area contributed by atoms with Crippen molar-refractivity contribution >= 4 is 33.3 Å². The third-order valence-corrected chi connectivity index (χ3v) is 13.5. The molecule has 1 nitrogen and oxygen atoms in total. The molecule has 3 heteroatoms. The van der Waals surface area contributed by atoms with Crippen LogP contribution in [0, 0.1) is 11.8 Å². The summed E-state index contributed by atoms with van der Waals surface area (Å²) >= 11 is 0.527. The number of hydrogen-bond acceptors (Lipinski definition) is 1. The van der Waals surface area contributed by atoms with Gasteiger partial charge in [0.1, 0.15) is 0 Å². The molecule has 1 aliphatic carbocycles. The number of carbonyl (C=O) groups excluding carboxylic acids is 1. The summed E-state index contributed by atoms with van der Waals surface area (Å²) in [6.45, 7) is 9.40. The van der Waals surface area contributed by atoms with Crippen molar-refractivity contribution in [2.75, 3.05) is 0 Å². The van der Waals surface area contributed by atoms with Gasteiger partial charge in [-0.3, -0.25) is 0 Å². The van der Waals surface area contributed by atoms with Crippen LogP contribution in [0.25, 0.3) is 0 Å². The SMILES string of the molecule is CCC(=O)[C@H]1C[C@@H]1[C@H]([Se]c1ccccc1)[Si](C)(C)C. The van der Waals surface area contributed by atoms with E-state index < -0.39 is 8.07 Å². The summed E-state index contributed by atoms with van der Waals surface area (Å²) in [5.74, 6) is 1.59. The van der Waals surface area contributed by atoms with Gasteiger partial charge in [-0.2, -0.15) is 0 Å². The van der Waals surface area contributed by atoms with Gasteiger partial charge in [-0.05, 0) is 0 Å². The molecule has 1 saturated carbocycles. The Hall–Kier alpha value is -0.374. The van der Waals surface area contributed by atoms with Crippen LogP contribution in [0.2, 0.25) is 24.1 Å². The van der Waals surface area contributed by atoms with E-state index in [2.05, 4.69) is 50.0 Å². The molecule has 0 unspecified atom stereocenters. The third-order valence-electron chi connectivity index (χ3n) is 3.85. The van der Waals surface area contributed by atoms with Crippen molar-refractivity contribution in [3.05, 3.63) is 30.3 Å². The zero-order valence-corrected chi connectivity index (χ0v) is 15.1. The van der Waals surface area contributed by atoms with Gasteiger partial charge in [0.2, 0.25) is 0 Å². The van der Waals surface area contributed by atoms with Crippen LogP contribution in [0.15, 0.2) is 30.3 Å². The van der Waals surface area contributed by atoms with E-state index in [9.17, 15) is 4.79 Å². The number of Topliss-reactive ketones (excluding diaryl/α,β-unsaturated/α-hetero) is 1. The first-order valence-electron chi connectivity index (χ1n) is 7.18. The fourth-order valence-electron chi connectivity index (χ4n) is 2.73. The van der Waals surface area contributed by atoms with Gasteiger partial charge in [-0.25, -0.2) is 0 Å². The maximum absolute atomic E-state index is 11.9. The predicted octanol–water partition coefficient (Wildman–Crippen LogP) is 3.30. The fraction of sp³-hybridized carbons (Fsp3) is 0.562. The van der Waals surface area contributed by atoms with Crippen LogP contribution < -0.4 is 4.46 Å². The zero-order valence-electron chi connectivity index (χ0n) is 12.3. The fourth-order valence-corrected chi connectivity index (χ4v) is 9.94. The van der Waals surface area contributed by atoms with Crippen molar-refractivity contribution in [1.29, 1.82) is 0 Å². The first-order valence-corrected chi connectivity index (χ1v) is 12.6. The van der Waals surface area contributed by atoms with Gasteiger partial charge in [-0.15, -0.1) is 0 Å². The summed E-state index contributed by atoms with van der Waals surface area (Å²) in [5, 5.41) is 0. The van der Waals surface area contributed by atoms with Gasteiger partial charge in [-0.1, -0.05) is 0 Å². The minimum atomic E-state index is -1.19. The summed E-state index contributed by atoms with van der Waals surface area (Å²) in [4.78, 5) is 11.9. The van der Waals surface area contributed by atoms with E-state index in [4.69, 9.17) is 0 Å². The Balaban J connectivity index is 2.09. The molecular weight excluding hydrogens is 315 g/mol. The standard InChI is InChI=1S/C16H24OSeSi/c1-5-15(17)13-11-14(13)16(19(2,3)4)18-12-9-7-6-8-10-12/h6-10,13-14,16H,5,11H2,1-4H3/t13-,14-,16+/m0/s1. The first kappa shape index (κ1) is 15.0. The molecule has 0 N–H and O–H groups in total. The Labute approximate surface area is 124 Å². The second-order valence-corrected chi connectivity index (χ2v) is 15.4. The number of hydrogen-bond donors (Lipinski definition) is 0. The molecule has 1 aromatic carbocycles. The van der Waals surface area contributed by atoms with Gasteiger partial charge in [0.15, 0.2) is 0 Å². The molecule has 0 radical (unpaired) electrons. The third kappa shape index (κ3) is 3.81. The Morgan fingerprint density at radius 2 is 1.95 bits per heavy atom. The molecule has 19 heavy (non-hydrogen) atoms. The number of carbonyl (C=O) groups is 1. The Morgan fingerprint density at radius 3 is 2.47 bits per heavy atom. The van der Waals surface area contributed by atoms with E-state index in [-0.39, 0.29) is 0 Å². The topological polar surface area (TPSA) is 17.1 Å². The van der Waals surface area contributed by atoms with Crippen LogP contribution in [0.3, 0.4) is 0 Å². The molecule has 1 fully saturated rings. The van der Waals surface area contributed by atoms with Crippen LogP contribution in [0.1, 0.15) is 19.8 Å². The number of benzene rings is 1. The molecule has 0 aromatic heterocycles. The maximum atomic E-state index is 11.9. The molecule has 0 aliphatic heterocycles. The monoisotopic (exact) mass is 340 g/mol. The first-order chi connectivity index (χ1) is 8.93. The van der Waals surface area contributed by atoms with Gasteiger partial charge >= 0.3 is 124 Å². The molecular formula is C16H24OSeSi. The van der Waals surface area contributed by atoms with Crippen LogP contribution in [0.5, 0.6) is 0 Å². The molecule has 0 heterocycles. The van der Waals surface area contributed by atoms with Crippen LogP contribution in [-0.4, -0.2) is 28.8 Å². The van der Waals surface area contributed by atoms with Crippen molar-refractivity contribution in [1.82, 2.24) is 0 Å². The Morgan fingerprint density at radius 1 is 1.32 bits per heavy atom. The van der Waals surface area contributed by atoms with E-state index in [0.29, 0.717) is 32.6 Å². The number of rotatable bonds is 6.